The number of carbonyl (C=O) groups excluding carboxylic acids is 1. The van der Waals surface area contributed by atoms with Crippen LogP contribution in [-0.4, -0.2) is 29.9 Å². The van der Waals surface area contributed by atoms with E-state index in [0.717, 1.165) is 27.9 Å². The van der Waals surface area contributed by atoms with Crippen LogP contribution in [-0.2, 0) is 6.54 Å². The van der Waals surface area contributed by atoms with Crippen molar-refractivity contribution in [3.8, 4) is 5.75 Å². The molecule has 1 N–H and O–H groups in total. The van der Waals surface area contributed by atoms with Gasteiger partial charge in [-0.3, -0.25) is 4.79 Å². The first-order chi connectivity index (χ1) is 11.9. The molecule has 3 aromatic rings. The zero-order valence-electron chi connectivity index (χ0n) is 14.8. The van der Waals surface area contributed by atoms with Crippen LogP contribution in [0.1, 0.15) is 27.2 Å². The number of hydrogen-bond donors (Lipinski definition) is 1. The van der Waals surface area contributed by atoms with Crippen molar-refractivity contribution < 1.29 is 9.53 Å². The largest absolute Gasteiger partial charge is 0.496 e. The highest BCUT2D eigenvalue weighted by Gasteiger charge is 2.16. The molecule has 0 saturated carbocycles. The number of fused-ring (bicyclic) bond motifs is 1. The molecule has 0 atom stereocenters. The number of halogens is 1. The van der Waals surface area contributed by atoms with E-state index in [1.165, 1.54) is 5.56 Å². The lowest BCUT2D eigenvalue weighted by molar-refractivity contribution is 0.0784. The van der Waals surface area contributed by atoms with Crippen LogP contribution in [0.5, 0.6) is 5.75 Å². The Kier molecular flexibility index (Phi) is 4.73. The molecular formula is C20H21ClN2O2. The van der Waals surface area contributed by atoms with Crippen LogP contribution in [0.3, 0.4) is 0 Å². The molecule has 1 aromatic heterocycles. The van der Waals surface area contributed by atoms with Gasteiger partial charge in [0.15, 0.2) is 0 Å². The smallest absolute Gasteiger partial charge is 0.253 e. The summed E-state index contributed by atoms with van der Waals surface area (Å²) in [6, 6.07) is 11.2. The SMILES string of the molecule is COc1ccc(Cl)cc1CN(C)C(=O)c1ccc2[nH]c(C)c(C)c2c1. The summed E-state index contributed by atoms with van der Waals surface area (Å²) in [6.07, 6.45) is 0. The van der Waals surface area contributed by atoms with Gasteiger partial charge in [-0.25, -0.2) is 0 Å². The molecule has 0 aliphatic carbocycles. The highest BCUT2D eigenvalue weighted by molar-refractivity contribution is 6.30. The fraction of sp³-hybridized carbons (Fsp3) is 0.250. The first-order valence-electron chi connectivity index (χ1n) is 8.07. The van der Waals surface area contributed by atoms with E-state index in [-0.39, 0.29) is 5.91 Å². The molecule has 0 aliphatic rings. The predicted octanol–water partition coefficient (Wildman–Crippen LogP) is 4.72. The number of rotatable bonds is 4. The maximum atomic E-state index is 12.8. The molecule has 1 amide bonds. The Hall–Kier alpha value is -2.46. The second kappa shape index (κ2) is 6.81. The van der Waals surface area contributed by atoms with Crippen LogP contribution in [0.15, 0.2) is 36.4 Å². The summed E-state index contributed by atoms with van der Waals surface area (Å²) in [7, 11) is 3.39. The fourth-order valence-corrected chi connectivity index (χ4v) is 3.21. The van der Waals surface area contributed by atoms with Crippen molar-refractivity contribution in [1.29, 1.82) is 0 Å². The van der Waals surface area contributed by atoms with Crippen molar-refractivity contribution in [2.45, 2.75) is 20.4 Å². The monoisotopic (exact) mass is 356 g/mol. The van der Waals surface area contributed by atoms with Gasteiger partial charge in [0.05, 0.1) is 7.11 Å². The van der Waals surface area contributed by atoms with Gasteiger partial charge >= 0.3 is 0 Å². The number of aromatic amines is 1. The number of methoxy groups -OCH3 is 1. The Morgan fingerprint density at radius 3 is 2.68 bits per heavy atom. The fourth-order valence-electron chi connectivity index (χ4n) is 3.01. The number of H-pyrrole nitrogens is 1. The van der Waals surface area contributed by atoms with E-state index >= 15 is 0 Å². The molecule has 0 radical (unpaired) electrons. The van der Waals surface area contributed by atoms with Gasteiger partial charge in [-0.2, -0.15) is 0 Å². The summed E-state index contributed by atoms with van der Waals surface area (Å²) in [5.74, 6) is 0.679. The molecule has 4 nitrogen and oxygen atoms in total. The van der Waals surface area contributed by atoms with Crippen LogP contribution in [0.2, 0.25) is 5.02 Å². The van der Waals surface area contributed by atoms with Crippen LogP contribution < -0.4 is 4.74 Å². The summed E-state index contributed by atoms with van der Waals surface area (Å²) < 4.78 is 5.36. The van der Waals surface area contributed by atoms with Crippen LogP contribution in [0, 0.1) is 13.8 Å². The molecule has 5 heteroatoms. The van der Waals surface area contributed by atoms with Gasteiger partial charge in [-0.05, 0) is 55.8 Å². The summed E-state index contributed by atoms with van der Waals surface area (Å²) in [5, 5.41) is 1.70. The zero-order chi connectivity index (χ0) is 18.1. The first-order valence-corrected chi connectivity index (χ1v) is 8.45. The van der Waals surface area contributed by atoms with Gasteiger partial charge in [0.1, 0.15) is 5.75 Å². The third-order valence-corrected chi connectivity index (χ3v) is 4.79. The van der Waals surface area contributed by atoms with Gasteiger partial charge in [0.25, 0.3) is 5.91 Å². The quantitative estimate of drug-likeness (QED) is 0.735. The molecule has 0 spiro atoms. The maximum absolute atomic E-state index is 12.8. The topological polar surface area (TPSA) is 45.3 Å². The number of benzene rings is 2. The average molecular weight is 357 g/mol. The Morgan fingerprint density at radius 2 is 1.96 bits per heavy atom. The van der Waals surface area contributed by atoms with Crippen molar-refractivity contribution in [2.75, 3.05) is 14.2 Å². The van der Waals surface area contributed by atoms with Crippen molar-refractivity contribution >= 4 is 28.4 Å². The summed E-state index contributed by atoms with van der Waals surface area (Å²) in [5.41, 5.74) is 4.88. The van der Waals surface area contributed by atoms with E-state index in [1.807, 2.05) is 37.3 Å². The normalized spacial score (nSPS) is 10.9. The van der Waals surface area contributed by atoms with E-state index in [2.05, 4.69) is 11.9 Å². The second-order valence-corrected chi connectivity index (χ2v) is 6.69. The lowest BCUT2D eigenvalue weighted by atomic mass is 10.1. The lowest BCUT2D eigenvalue weighted by Crippen LogP contribution is -2.26. The summed E-state index contributed by atoms with van der Waals surface area (Å²) in [6.45, 7) is 4.52. The molecule has 0 aliphatic heterocycles. The minimum absolute atomic E-state index is 0.0396. The highest BCUT2D eigenvalue weighted by atomic mass is 35.5. The lowest BCUT2D eigenvalue weighted by Gasteiger charge is -2.19. The van der Waals surface area contributed by atoms with Crippen molar-refractivity contribution in [3.63, 3.8) is 0 Å². The Bertz CT molecular complexity index is 946. The van der Waals surface area contributed by atoms with Crippen molar-refractivity contribution in [1.82, 2.24) is 9.88 Å². The van der Waals surface area contributed by atoms with Gasteiger partial charge in [0.2, 0.25) is 0 Å². The zero-order valence-corrected chi connectivity index (χ0v) is 15.6. The summed E-state index contributed by atoms with van der Waals surface area (Å²) >= 11 is 6.08. The molecule has 0 fully saturated rings. The molecule has 0 bridgehead atoms. The Labute approximate surface area is 152 Å². The minimum Gasteiger partial charge on any atom is -0.496 e. The molecule has 0 saturated heterocycles. The van der Waals surface area contributed by atoms with Gasteiger partial charge in [0, 0.05) is 46.3 Å². The molecule has 25 heavy (non-hydrogen) atoms. The van der Waals surface area contributed by atoms with Crippen LogP contribution >= 0.6 is 11.6 Å². The Morgan fingerprint density at radius 1 is 1.20 bits per heavy atom. The number of nitrogens with one attached hydrogen (secondary N) is 1. The number of nitrogens with zero attached hydrogens (tertiary/aromatic N) is 1. The molecule has 1 heterocycles. The molecule has 3 rings (SSSR count). The number of aromatic nitrogens is 1. The van der Waals surface area contributed by atoms with E-state index in [9.17, 15) is 4.79 Å². The van der Waals surface area contributed by atoms with Crippen LogP contribution in [0.4, 0.5) is 0 Å². The number of ether oxygens (including phenoxy) is 1. The molecule has 130 valence electrons. The third-order valence-electron chi connectivity index (χ3n) is 4.55. The van der Waals surface area contributed by atoms with Crippen molar-refractivity contribution in [2.24, 2.45) is 0 Å². The van der Waals surface area contributed by atoms with Gasteiger partial charge in [-0.15, -0.1) is 0 Å². The Balaban J connectivity index is 1.88. The third kappa shape index (κ3) is 3.35. The second-order valence-electron chi connectivity index (χ2n) is 6.25. The molecular weight excluding hydrogens is 336 g/mol. The number of hydrogen-bond acceptors (Lipinski definition) is 2. The van der Waals surface area contributed by atoms with Gasteiger partial charge < -0.3 is 14.6 Å². The van der Waals surface area contributed by atoms with E-state index in [1.54, 1.807) is 25.1 Å². The number of aryl methyl sites for hydroxylation is 2. The van der Waals surface area contributed by atoms with Gasteiger partial charge in [-0.1, -0.05) is 11.6 Å². The standard InChI is InChI=1S/C20H21ClN2O2/c1-12-13(2)22-18-7-5-14(10-17(12)18)20(24)23(3)11-15-9-16(21)6-8-19(15)25-4/h5-10,22H,11H2,1-4H3. The van der Waals surface area contributed by atoms with E-state index < -0.39 is 0 Å². The van der Waals surface area contributed by atoms with E-state index in [4.69, 9.17) is 16.3 Å². The van der Waals surface area contributed by atoms with Crippen molar-refractivity contribution in [3.05, 3.63) is 63.8 Å². The molecule has 2 aromatic carbocycles. The maximum Gasteiger partial charge on any atom is 0.253 e. The predicted molar refractivity (Wildman–Crippen MR) is 102 cm³/mol. The first kappa shape index (κ1) is 17.4. The average Bonchev–Trinajstić information content (AvgIpc) is 2.88. The van der Waals surface area contributed by atoms with Crippen LogP contribution in [0.25, 0.3) is 10.9 Å². The highest BCUT2D eigenvalue weighted by Crippen LogP contribution is 2.26. The summed E-state index contributed by atoms with van der Waals surface area (Å²) in [4.78, 5) is 17.8. The van der Waals surface area contributed by atoms with E-state index in [0.29, 0.717) is 17.1 Å². The number of carbonyl (C=O) groups is 1. The molecule has 0 unspecified atom stereocenters. The number of amides is 1. The minimum atomic E-state index is -0.0396.